The topological polar surface area (TPSA) is 24.9 Å². The van der Waals surface area contributed by atoms with E-state index in [0.29, 0.717) is 0 Å². The summed E-state index contributed by atoms with van der Waals surface area (Å²) in [6.07, 6.45) is 5.93. The van der Waals surface area contributed by atoms with Gasteiger partial charge in [-0.15, -0.1) is 11.3 Å². The average Bonchev–Trinajstić information content (AvgIpc) is 3.21. The lowest BCUT2D eigenvalue weighted by Gasteiger charge is -2.03. The van der Waals surface area contributed by atoms with Crippen LogP contribution in [0, 0.1) is 0 Å². The van der Waals surface area contributed by atoms with Crippen molar-refractivity contribution in [3.05, 3.63) is 40.2 Å². The minimum absolute atomic E-state index is 0.786. The zero-order chi connectivity index (χ0) is 13.8. The molecule has 0 unspecified atom stereocenters. The largest absolute Gasteiger partial charge is 0.314 e. The van der Waals surface area contributed by atoms with Gasteiger partial charge in [-0.05, 0) is 25.5 Å². The number of rotatable bonds is 7. The summed E-state index contributed by atoms with van der Waals surface area (Å²) < 4.78 is 0. The van der Waals surface area contributed by atoms with Crippen LogP contribution in [0.1, 0.15) is 22.7 Å². The van der Waals surface area contributed by atoms with Crippen molar-refractivity contribution in [2.24, 2.45) is 0 Å². The molecule has 1 aliphatic carbocycles. The van der Waals surface area contributed by atoms with Gasteiger partial charge in [0.15, 0.2) is 0 Å². The van der Waals surface area contributed by atoms with Crippen LogP contribution in [0.25, 0.3) is 11.3 Å². The van der Waals surface area contributed by atoms with Crippen LogP contribution < -0.4 is 5.32 Å². The molecule has 0 spiro atoms. The molecule has 0 radical (unpaired) electrons. The van der Waals surface area contributed by atoms with E-state index in [1.165, 1.54) is 34.0 Å². The predicted octanol–water partition coefficient (Wildman–Crippen LogP) is 3.97. The number of thiazole rings is 1. The van der Waals surface area contributed by atoms with Crippen LogP contribution in [-0.2, 0) is 12.2 Å². The third kappa shape index (κ3) is 3.62. The molecule has 0 bridgehead atoms. The van der Waals surface area contributed by atoms with E-state index in [9.17, 15) is 0 Å². The molecule has 1 aliphatic rings. The molecule has 2 aromatic rings. The smallest absolute Gasteiger partial charge is 0.103 e. The fourth-order valence-corrected chi connectivity index (χ4v) is 4.04. The van der Waals surface area contributed by atoms with Crippen molar-refractivity contribution in [1.82, 2.24) is 10.3 Å². The van der Waals surface area contributed by atoms with Gasteiger partial charge in [-0.1, -0.05) is 30.3 Å². The summed E-state index contributed by atoms with van der Waals surface area (Å²) >= 11 is 3.72. The summed E-state index contributed by atoms with van der Waals surface area (Å²) in [5, 5.41) is 4.85. The molecule has 1 fully saturated rings. The van der Waals surface area contributed by atoms with Crippen molar-refractivity contribution in [1.29, 1.82) is 0 Å². The molecule has 1 aromatic carbocycles. The number of benzene rings is 1. The van der Waals surface area contributed by atoms with E-state index in [1.807, 2.05) is 23.1 Å². The Kier molecular flexibility index (Phi) is 4.76. The lowest BCUT2D eigenvalue weighted by Crippen LogP contribution is -2.19. The van der Waals surface area contributed by atoms with E-state index >= 15 is 0 Å². The third-order valence-electron chi connectivity index (χ3n) is 3.42. The van der Waals surface area contributed by atoms with Gasteiger partial charge in [-0.2, -0.15) is 11.8 Å². The lowest BCUT2D eigenvalue weighted by atomic mass is 10.1. The molecule has 2 nitrogen and oxygen atoms in total. The lowest BCUT2D eigenvalue weighted by molar-refractivity contribution is 0.685. The molecule has 1 saturated carbocycles. The molecule has 1 N–H and O–H groups in total. The summed E-state index contributed by atoms with van der Waals surface area (Å²) in [6, 6.07) is 11.4. The normalized spacial score (nSPS) is 14.7. The molecular weight excluding hydrogens is 284 g/mol. The van der Waals surface area contributed by atoms with Crippen LogP contribution in [0.15, 0.2) is 30.3 Å². The molecule has 0 aliphatic heterocycles. The zero-order valence-corrected chi connectivity index (χ0v) is 13.4. The van der Waals surface area contributed by atoms with Crippen LogP contribution in [0.5, 0.6) is 0 Å². The van der Waals surface area contributed by atoms with Gasteiger partial charge in [0.05, 0.1) is 5.69 Å². The highest BCUT2D eigenvalue weighted by Gasteiger charge is 2.20. The molecule has 0 amide bonds. The minimum atomic E-state index is 0.786. The van der Waals surface area contributed by atoms with Gasteiger partial charge in [-0.25, -0.2) is 4.98 Å². The Bertz CT molecular complexity index is 547. The fourth-order valence-electron chi connectivity index (χ4n) is 2.25. The Hall–Kier alpha value is -0.840. The maximum atomic E-state index is 4.85. The van der Waals surface area contributed by atoms with E-state index in [2.05, 4.69) is 41.9 Å². The molecular formula is C16H20N2S2. The molecule has 1 heterocycles. The van der Waals surface area contributed by atoms with Crippen molar-refractivity contribution in [3.8, 4) is 11.3 Å². The van der Waals surface area contributed by atoms with Crippen LogP contribution in [0.4, 0.5) is 0 Å². The van der Waals surface area contributed by atoms with Gasteiger partial charge in [-0.3, -0.25) is 0 Å². The van der Waals surface area contributed by atoms with Gasteiger partial charge >= 0.3 is 0 Å². The molecule has 0 saturated heterocycles. The van der Waals surface area contributed by atoms with E-state index in [0.717, 1.165) is 24.8 Å². The highest BCUT2D eigenvalue weighted by atomic mass is 32.2. The first kappa shape index (κ1) is 14.1. The van der Waals surface area contributed by atoms with E-state index in [1.54, 1.807) is 0 Å². The maximum absolute atomic E-state index is 4.85. The summed E-state index contributed by atoms with van der Waals surface area (Å²) in [7, 11) is 0. The maximum Gasteiger partial charge on any atom is 0.103 e. The molecule has 3 rings (SSSR count). The van der Waals surface area contributed by atoms with E-state index in [4.69, 9.17) is 4.98 Å². The third-order valence-corrected chi connectivity index (χ3v) is 5.28. The second kappa shape index (κ2) is 6.74. The number of nitrogens with one attached hydrogen (secondary N) is 1. The number of aromatic nitrogens is 1. The SMILES string of the molecule is CSCc1nc(-c2ccccc2)c(CCNC2CC2)s1. The van der Waals surface area contributed by atoms with Crippen LogP contribution in [-0.4, -0.2) is 23.8 Å². The minimum Gasteiger partial charge on any atom is -0.314 e. The number of nitrogens with zero attached hydrogens (tertiary/aromatic N) is 1. The first-order valence-corrected chi connectivity index (χ1v) is 9.34. The van der Waals surface area contributed by atoms with Crippen LogP contribution >= 0.6 is 23.1 Å². The van der Waals surface area contributed by atoms with Gasteiger partial charge in [0.25, 0.3) is 0 Å². The summed E-state index contributed by atoms with van der Waals surface area (Å²) in [5.74, 6) is 1.01. The van der Waals surface area contributed by atoms with Crippen molar-refractivity contribution in [2.45, 2.75) is 31.1 Å². The molecule has 106 valence electrons. The first-order valence-electron chi connectivity index (χ1n) is 7.13. The Morgan fingerprint density at radius 2 is 2.10 bits per heavy atom. The van der Waals surface area contributed by atoms with Crippen molar-refractivity contribution < 1.29 is 0 Å². The average molecular weight is 304 g/mol. The Balaban J connectivity index is 1.77. The first-order chi connectivity index (χ1) is 9.86. The van der Waals surface area contributed by atoms with Gasteiger partial charge in [0.2, 0.25) is 0 Å². The standard InChI is InChI=1S/C16H20N2S2/c1-19-11-15-18-16(12-5-3-2-4-6-12)14(20-15)9-10-17-13-7-8-13/h2-6,13,17H,7-11H2,1H3. The molecule has 0 atom stereocenters. The number of hydrogen-bond acceptors (Lipinski definition) is 4. The highest BCUT2D eigenvalue weighted by Crippen LogP contribution is 2.30. The number of hydrogen-bond donors (Lipinski definition) is 1. The highest BCUT2D eigenvalue weighted by molar-refractivity contribution is 7.97. The molecule has 4 heteroatoms. The summed E-state index contributed by atoms with van der Waals surface area (Å²) in [5.41, 5.74) is 2.44. The van der Waals surface area contributed by atoms with Crippen LogP contribution in [0.2, 0.25) is 0 Å². The van der Waals surface area contributed by atoms with Crippen molar-refractivity contribution in [2.75, 3.05) is 12.8 Å². The molecule has 1 aromatic heterocycles. The van der Waals surface area contributed by atoms with Gasteiger partial charge in [0, 0.05) is 28.8 Å². The van der Waals surface area contributed by atoms with Crippen molar-refractivity contribution in [3.63, 3.8) is 0 Å². The van der Waals surface area contributed by atoms with Crippen LogP contribution in [0.3, 0.4) is 0 Å². The van der Waals surface area contributed by atoms with Gasteiger partial charge < -0.3 is 5.32 Å². The predicted molar refractivity (Wildman–Crippen MR) is 89.5 cm³/mol. The van der Waals surface area contributed by atoms with E-state index in [-0.39, 0.29) is 0 Å². The number of thioether (sulfide) groups is 1. The zero-order valence-electron chi connectivity index (χ0n) is 11.8. The Morgan fingerprint density at radius 3 is 2.80 bits per heavy atom. The quantitative estimate of drug-likeness (QED) is 0.838. The van der Waals surface area contributed by atoms with Gasteiger partial charge in [0.1, 0.15) is 5.01 Å². The Morgan fingerprint density at radius 1 is 1.30 bits per heavy atom. The second-order valence-corrected chi connectivity index (χ2v) is 7.19. The second-order valence-electron chi connectivity index (χ2n) is 5.16. The summed E-state index contributed by atoms with van der Waals surface area (Å²) in [4.78, 5) is 6.28. The Labute approximate surface area is 129 Å². The monoisotopic (exact) mass is 304 g/mol. The van der Waals surface area contributed by atoms with Crippen molar-refractivity contribution >= 4 is 23.1 Å². The molecule has 20 heavy (non-hydrogen) atoms. The fraction of sp³-hybridized carbons (Fsp3) is 0.438. The summed E-state index contributed by atoms with van der Waals surface area (Å²) in [6.45, 7) is 1.07. The van der Waals surface area contributed by atoms with E-state index < -0.39 is 0 Å².